The molecule has 5 heteroatoms. The van der Waals surface area contributed by atoms with E-state index >= 15 is 0 Å². The summed E-state index contributed by atoms with van der Waals surface area (Å²) in [4.78, 5) is 13.3. The fourth-order valence-corrected chi connectivity index (χ4v) is 2.38. The number of nitrogens with zero attached hydrogens (tertiary/aromatic N) is 4. The molecule has 5 nitrogen and oxygen atoms in total. The lowest BCUT2D eigenvalue weighted by atomic mass is 10.2. The number of piperazine rings is 1. The Bertz CT molecular complexity index is 536. The Labute approximate surface area is 118 Å². The highest BCUT2D eigenvalue weighted by atomic mass is 16.5. The largest absolute Gasteiger partial charge is 0.494 e. The first kappa shape index (κ1) is 12.7. The number of aromatic nitrogens is 2. The number of hydrogen-bond acceptors (Lipinski definition) is 5. The average Bonchev–Trinajstić information content (AvgIpc) is 2.56. The van der Waals surface area contributed by atoms with Crippen molar-refractivity contribution in [3.63, 3.8) is 0 Å². The van der Waals surface area contributed by atoms with E-state index in [1.807, 2.05) is 6.07 Å². The van der Waals surface area contributed by atoms with Crippen molar-refractivity contribution in [1.29, 1.82) is 0 Å². The van der Waals surface area contributed by atoms with E-state index in [-0.39, 0.29) is 0 Å². The van der Waals surface area contributed by atoms with Crippen LogP contribution in [0.25, 0.3) is 0 Å². The van der Waals surface area contributed by atoms with Crippen molar-refractivity contribution in [3.05, 3.63) is 42.7 Å². The minimum absolute atomic E-state index is 0.691. The normalized spacial score (nSPS) is 15.2. The topological polar surface area (TPSA) is 41.5 Å². The molecule has 104 valence electrons. The van der Waals surface area contributed by atoms with Gasteiger partial charge in [0.05, 0.1) is 19.5 Å². The van der Waals surface area contributed by atoms with Gasteiger partial charge >= 0.3 is 0 Å². The Morgan fingerprint density at radius 1 is 0.900 bits per heavy atom. The molecule has 2 heterocycles. The zero-order valence-electron chi connectivity index (χ0n) is 11.6. The Kier molecular flexibility index (Phi) is 3.67. The summed E-state index contributed by atoms with van der Waals surface area (Å²) in [5.41, 5.74) is 1.28. The van der Waals surface area contributed by atoms with Crippen LogP contribution in [-0.4, -0.2) is 43.3 Å². The van der Waals surface area contributed by atoms with Gasteiger partial charge in [0.15, 0.2) is 5.75 Å². The molecule has 0 saturated carbocycles. The summed E-state index contributed by atoms with van der Waals surface area (Å²) < 4.78 is 5.08. The van der Waals surface area contributed by atoms with Crippen LogP contribution in [0.1, 0.15) is 0 Å². The van der Waals surface area contributed by atoms with Gasteiger partial charge in [-0.05, 0) is 12.1 Å². The van der Waals surface area contributed by atoms with Crippen molar-refractivity contribution < 1.29 is 4.74 Å². The van der Waals surface area contributed by atoms with E-state index in [0.717, 1.165) is 32.1 Å². The molecule has 1 saturated heterocycles. The molecule has 2 aromatic rings. The molecule has 0 spiro atoms. The number of rotatable bonds is 3. The van der Waals surface area contributed by atoms with Gasteiger partial charge in [-0.2, -0.15) is 0 Å². The van der Waals surface area contributed by atoms with Crippen molar-refractivity contribution in [2.75, 3.05) is 43.1 Å². The van der Waals surface area contributed by atoms with Gasteiger partial charge in [0.25, 0.3) is 0 Å². The highest BCUT2D eigenvalue weighted by Crippen LogP contribution is 2.18. The summed E-state index contributed by atoms with van der Waals surface area (Å²) in [6.07, 6.45) is 3.43. The van der Waals surface area contributed by atoms with Crippen LogP contribution in [0.5, 0.6) is 5.75 Å². The van der Waals surface area contributed by atoms with Crippen LogP contribution in [0, 0.1) is 0 Å². The summed E-state index contributed by atoms with van der Waals surface area (Å²) in [6, 6.07) is 10.5. The van der Waals surface area contributed by atoms with Gasteiger partial charge in [-0.25, -0.2) is 9.97 Å². The van der Waals surface area contributed by atoms with Crippen LogP contribution in [0.2, 0.25) is 0 Å². The highest BCUT2D eigenvalue weighted by molar-refractivity contribution is 5.48. The van der Waals surface area contributed by atoms with Crippen molar-refractivity contribution >= 4 is 11.6 Å². The molecular weight excluding hydrogens is 252 g/mol. The summed E-state index contributed by atoms with van der Waals surface area (Å²) in [7, 11) is 1.62. The zero-order valence-corrected chi connectivity index (χ0v) is 11.6. The number of benzene rings is 1. The number of ether oxygens (including phenoxy) is 1. The Balaban J connectivity index is 1.63. The minimum atomic E-state index is 0.691. The molecule has 1 aliphatic rings. The molecule has 0 unspecified atom stereocenters. The molecule has 0 atom stereocenters. The second kappa shape index (κ2) is 5.77. The number of anilines is 2. The van der Waals surface area contributed by atoms with E-state index in [1.54, 1.807) is 19.5 Å². The molecule has 20 heavy (non-hydrogen) atoms. The van der Waals surface area contributed by atoms with Crippen molar-refractivity contribution in [3.8, 4) is 5.75 Å². The Morgan fingerprint density at radius 2 is 1.50 bits per heavy atom. The fraction of sp³-hybridized carbons (Fsp3) is 0.333. The predicted octanol–water partition coefficient (Wildman–Crippen LogP) is 1.81. The molecule has 1 aromatic carbocycles. The van der Waals surface area contributed by atoms with E-state index in [0.29, 0.717) is 5.75 Å². The smallest absolute Gasteiger partial charge is 0.225 e. The Hall–Kier alpha value is -2.30. The molecule has 1 fully saturated rings. The van der Waals surface area contributed by atoms with Gasteiger partial charge in [0.1, 0.15) is 0 Å². The van der Waals surface area contributed by atoms with E-state index in [1.165, 1.54) is 5.69 Å². The van der Waals surface area contributed by atoms with Gasteiger partial charge in [0, 0.05) is 31.9 Å². The lowest BCUT2D eigenvalue weighted by Gasteiger charge is -2.36. The highest BCUT2D eigenvalue weighted by Gasteiger charge is 2.18. The monoisotopic (exact) mass is 270 g/mol. The van der Waals surface area contributed by atoms with E-state index in [9.17, 15) is 0 Å². The SMILES string of the molecule is COc1cnc(N2CCN(c3ccccc3)CC2)nc1. The van der Waals surface area contributed by atoms with Crippen LogP contribution >= 0.6 is 0 Å². The quantitative estimate of drug-likeness (QED) is 0.851. The molecule has 3 rings (SSSR count). The van der Waals surface area contributed by atoms with Gasteiger partial charge in [-0.15, -0.1) is 0 Å². The molecule has 0 radical (unpaired) electrons. The third kappa shape index (κ3) is 2.66. The lowest BCUT2D eigenvalue weighted by molar-refractivity contribution is 0.410. The summed E-state index contributed by atoms with van der Waals surface area (Å²) in [5.74, 6) is 1.47. The molecule has 0 N–H and O–H groups in total. The fourth-order valence-electron chi connectivity index (χ4n) is 2.38. The maximum Gasteiger partial charge on any atom is 0.225 e. The van der Waals surface area contributed by atoms with Crippen LogP contribution in [0.4, 0.5) is 11.6 Å². The molecular formula is C15H18N4O. The first-order valence-corrected chi connectivity index (χ1v) is 6.78. The van der Waals surface area contributed by atoms with E-state index in [4.69, 9.17) is 4.74 Å². The number of hydrogen-bond donors (Lipinski definition) is 0. The standard InChI is InChI=1S/C15H18N4O/c1-20-14-11-16-15(17-12-14)19-9-7-18(8-10-19)13-5-3-2-4-6-13/h2-6,11-12H,7-10H2,1H3. The van der Waals surface area contributed by atoms with Gasteiger partial charge in [-0.3, -0.25) is 0 Å². The van der Waals surface area contributed by atoms with Crippen LogP contribution in [0.3, 0.4) is 0 Å². The molecule has 1 aromatic heterocycles. The zero-order chi connectivity index (χ0) is 13.8. The lowest BCUT2D eigenvalue weighted by Crippen LogP contribution is -2.47. The molecule has 0 aliphatic carbocycles. The first-order valence-electron chi connectivity index (χ1n) is 6.78. The average molecular weight is 270 g/mol. The second-order valence-electron chi connectivity index (χ2n) is 4.73. The molecule has 0 amide bonds. The summed E-state index contributed by atoms with van der Waals surface area (Å²) >= 11 is 0. The predicted molar refractivity (Wildman–Crippen MR) is 79.5 cm³/mol. The Morgan fingerprint density at radius 3 is 2.10 bits per heavy atom. The van der Waals surface area contributed by atoms with E-state index < -0.39 is 0 Å². The molecule has 1 aliphatic heterocycles. The second-order valence-corrected chi connectivity index (χ2v) is 4.73. The van der Waals surface area contributed by atoms with Crippen LogP contribution in [0.15, 0.2) is 42.7 Å². The summed E-state index contributed by atoms with van der Waals surface area (Å²) in [6.45, 7) is 3.83. The third-order valence-electron chi connectivity index (χ3n) is 3.53. The molecule has 0 bridgehead atoms. The van der Waals surface area contributed by atoms with Gasteiger partial charge < -0.3 is 14.5 Å². The minimum Gasteiger partial charge on any atom is -0.494 e. The van der Waals surface area contributed by atoms with Crippen molar-refractivity contribution in [2.24, 2.45) is 0 Å². The number of methoxy groups -OCH3 is 1. The number of para-hydroxylation sites is 1. The summed E-state index contributed by atoms with van der Waals surface area (Å²) in [5, 5.41) is 0. The van der Waals surface area contributed by atoms with E-state index in [2.05, 4.69) is 44.0 Å². The van der Waals surface area contributed by atoms with Gasteiger partial charge in [0.2, 0.25) is 5.95 Å². The maximum atomic E-state index is 5.08. The maximum absolute atomic E-state index is 5.08. The van der Waals surface area contributed by atoms with Gasteiger partial charge in [-0.1, -0.05) is 18.2 Å². The first-order chi connectivity index (χ1) is 9.86. The van der Waals surface area contributed by atoms with Crippen LogP contribution in [-0.2, 0) is 0 Å². The van der Waals surface area contributed by atoms with Crippen LogP contribution < -0.4 is 14.5 Å². The third-order valence-corrected chi connectivity index (χ3v) is 3.53. The van der Waals surface area contributed by atoms with Crippen molar-refractivity contribution in [1.82, 2.24) is 9.97 Å². The van der Waals surface area contributed by atoms with Crippen molar-refractivity contribution in [2.45, 2.75) is 0 Å².